The molecule has 0 aromatic carbocycles. The maximum Gasteiger partial charge on any atom is 0.0887 e. The molecule has 0 aliphatic rings. The molecule has 0 bridgehead atoms. The lowest BCUT2D eigenvalue weighted by Crippen LogP contribution is -1.93. The van der Waals surface area contributed by atoms with Gasteiger partial charge in [-0.15, -0.1) is 0 Å². The zero-order valence-electron chi connectivity index (χ0n) is 6.08. The van der Waals surface area contributed by atoms with Gasteiger partial charge in [0.05, 0.1) is 12.3 Å². The summed E-state index contributed by atoms with van der Waals surface area (Å²) in [6.45, 7) is 3.34. The zero-order valence-corrected chi connectivity index (χ0v) is 6.08. The van der Waals surface area contributed by atoms with Gasteiger partial charge in [0.25, 0.3) is 0 Å². The molecule has 0 saturated carbocycles. The molecule has 1 heterocycles. The third-order valence-electron chi connectivity index (χ3n) is 1.18. The second-order valence-electron chi connectivity index (χ2n) is 1.96. The number of aromatic nitrogens is 1. The van der Waals surface area contributed by atoms with Gasteiger partial charge in [-0.2, -0.15) is 0 Å². The van der Waals surface area contributed by atoms with Gasteiger partial charge in [-0.05, 0) is 19.1 Å². The van der Waals surface area contributed by atoms with Crippen molar-refractivity contribution in [3.63, 3.8) is 0 Å². The van der Waals surface area contributed by atoms with Crippen molar-refractivity contribution in [3.05, 3.63) is 30.1 Å². The third kappa shape index (κ3) is 2.15. The minimum absolute atomic E-state index is 0.622. The van der Waals surface area contributed by atoms with Crippen molar-refractivity contribution in [2.24, 2.45) is 0 Å². The van der Waals surface area contributed by atoms with Gasteiger partial charge in [0, 0.05) is 12.8 Å². The summed E-state index contributed by atoms with van der Waals surface area (Å²) in [4.78, 5) is 4.09. The summed E-state index contributed by atoms with van der Waals surface area (Å²) < 4.78 is 5.16. The Labute approximate surface area is 60.9 Å². The van der Waals surface area contributed by atoms with Crippen molar-refractivity contribution in [2.45, 2.75) is 13.5 Å². The minimum Gasteiger partial charge on any atom is -0.375 e. The summed E-state index contributed by atoms with van der Waals surface area (Å²) in [5, 5.41) is 0. The van der Waals surface area contributed by atoms with Crippen LogP contribution in [0.4, 0.5) is 0 Å². The van der Waals surface area contributed by atoms with Crippen LogP contribution in [0.5, 0.6) is 0 Å². The summed E-state index contributed by atoms with van der Waals surface area (Å²) in [5.41, 5.74) is 0.990. The largest absolute Gasteiger partial charge is 0.375 e. The number of rotatable bonds is 3. The molecule has 0 aliphatic carbocycles. The highest BCUT2D eigenvalue weighted by Crippen LogP contribution is 1.94. The van der Waals surface area contributed by atoms with E-state index in [1.165, 1.54) is 0 Å². The van der Waals surface area contributed by atoms with E-state index in [-0.39, 0.29) is 0 Å². The molecule has 0 radical (unpaired) electrons. The van der Waals surface area contributed by atoms with Crippen LogP contribution in [-0.4, -0.2) is 11.6 Å². The highest BCUT2D eigenvalue weighted by atomic mass is 16.5. The smallest absolute Gasteiger partial charge is 0.0887 e. The van der Waals surface area contributed by atoms with Gasteiger partial charge in [-0.3, -0.25) is 4.98 Å². The fourth-order valence-corrected chi connectivity index (χ4v) is 0.690. The number of pyridine rings is 1. The van der Waals surface area contributed by atoms with Crippen LogP contribution in [0, 0.1) is 0 Å². The van der Waals surface area contributed by atoms with Gasteiger partial charge in [0.15, 0.2) is 0 Å². The Morgan fingerprint density at radius 2 is 2.40 bits per heavy atom. The molecule has 2 nitrogen and oxygen atoms in total. The molecule has 1 aromatic rings. The second-order valence-corrected chi connectivity index (χ2v) is 1.96. The summed E-state index contributed by atoms with van der Waals surface area (Å²) in [6, 6.07) is 5.81. The molecule has 54 valence electrons. The van der Waals surface area contributed by atoms with Crippen molar-refractivity contribution in [1.29, 1.82) is 0 Å². The van der Waals surface area contributed by atoms with Crippen molar-refractivity contribution < 1.29 is 4.74 Å². The first-order valence-electron chi connectivity index (χ1n) is 3.41. The van der Waals surface area contributed by atoms with E-state index in [1.54, 1.807) is 6.20 Å². The van der Waals surface area contributed by atoms with Crippen LogP contribution in [0.25, 0.3) is 0 Å². The quantitative estimate of drug-likeness (QED) is 0.631. The Morgan fingerprint density at radius 1 is 1.50 bits per heavy atom. The topological polar surface area (TPSA) is 22.1 Å². The average molecular weight is 137 g/mol. The Kier molecular flexibility index (Phi) is 2.90. The van der Waals surface area contributed by atoms with E-state index in [0.29, 0.717) is 6.61 Å². The van der Waals surface area contributed by atoms with Crippen molar-refractivity contribution in [2.75, 3.05) is 6.61 Å². The molecule has 0 fully saturated rings. The normalized spacial score (nSPS) is 9.70. The average Bonchev–Trinajstić information content (AvgIpc) is 2.03. The lowest BCUT2D eigenvalue weighted by atomic mass is 10.4. The molecule has 0 spiro atoms. The summed E-state index contributed by atoms with van der Waals surface area (Å²) in [5.74, 6) is 0. The lowest BCUT2D eigenvalue weighted by molar-refractivity contribution is 0.131. The van der Waals surface area contributed by atoms with Crippen molar-refractivity contribution in [3.8, 4) is 0 Å². The Balaban J connectivity index is 2.43. The van der Waals surface area contributed by atoms with E-state index in [9.17, 15) is 0 Å². The molecule has 2 heteroatoms. The van der Waals surface area contributed by atoms with Gasteiger partial charge in [0.1, 0.15) is 0 Å². The molecule has 0 saturated heterocycles. The van der Waals surface area contributed by atoms with E-state index in [0.717, 1.165) is 12.3 Å². The minimum atomic E-state index is 0.622. The molecular weight excluding hydrogens is 126 g/mol. The number of ether oxygens (including phenoxy) is 1. The van der Waals surface area contributed by atoms with Gasteiger partial charge in [0.2, 0.25) is 0 Å². The SMILES string of the molecule is CCOCc1ccccn1. The maximum absolute atomic E-state index is 5.16. The van der Waals surface area contributed by atoms with Gasteiger partial charge in [-0.1, -0.05) is 6.07 Å². The summed E-state index contributed by atoms with van der Waals surface area (Å²) in [7, 11) is 0. The van der Waals surface area contributed by atoms with E-state index in [1.807, 2.05) is 25.1 Å². The number of hydrogen-bond donors (Lipinski definition) is 0. The van der Waals surface area contributed by atoms with E-state index >= 15 is 0 Å². The number of nitrogens with zero attached hydrogens (tertiary/aromatic N) is 1. The third-order valence-corrected chi connectivity index (χ3v) is 1.18. The standard InChI is InChI=1S/C8H11NO/c1-2-10-7-8-5-3-4-6-9-8/h3-6H,2,7H2,1H3. The summed E-state index contributed by atoms with van der Waals surface area (Å²) >= 11 is 0. The fraction of sp³-hybridized carbons (Fsp3) is 0.375. The fourth-order valence-electron chi connectivity index (χ4n) is 0.690. The molecule has 1 rings (SSSR count). The first-order chi connectivity index (χ1) is 4.93. The van der Waals surface area contributed by atoms with E-state index in [4.69, 9.17) is 4.74 Å². The van der Waals surface area contributed by atoms with Crippen LogP contribution in [0.2, 0.25) is 0 Å². The first-order valence-corrected chi connectivity index (χ1v) is 3.41. The van der Waals surface area contributed by atoms with Gasteiger partial charge < -0.3 is 4.74 Å². The maximum atomic E-state index is 5.16. The van der Waals surface area contributed by atoms with E-state index in [2.05, 4.69) is 4.98 Å². The molecule has 1 aromatic heterocycles. The van der Waals surface area contributed by atoms with Crippen LogP contribution >= 0.6 is 0 Å². The summed E-state index contributed by atoms with van der Waals surface area (Å²) in [6.07, 6.45) is 1.77. The lowest BCUT2D eigenvalue weighted by Gasteiger charge is -1.97. The van der Waals surface area contributed by atoms with E-state index < -0.39 is 0 Å². The molecule has 0 N–H and O–H groups in total. The first kappa shape index (κ1) is 7.22. The molecule has 0 atom stereocenters. The van der Waals surface area contributed by atoms with Crippen LogP contribution in [0.3, 0.4) is 0 Å². The van der Waals surface area contributed by atoms with Gasteiger partial charge >= 0.3 is 0 Å². The number of hydrogen-bond acceptors (Lipinski definition) is 2. The van der Waals surface area contributed by atoms with Gasteiger partial charge in [-0.25, -0.2) is 0 Å². The Bertz CT molecular complexity index is 174. The van der Waals surface area contributed by atoms with Crippen molar-refractivity contribution >= 4 is 0 Å². The van der Waals surface area contributed by atoms with Crippen molar-refractivity contribution in [1.82, 2.24) is 4.98 Å². The monoisotopic (exact) mass is 137 g/mol. The predicted molar refractivity (Wildman–Crippen MR) is 39.6 cm³/mol. The Hall–Kier alpha value is -0.890. The van der Waals surface area contributed by atoms with Crippen LogP contribution in [0.15, 0.2) is 24.4 Å². The highest BCUT2D eigenvalue weighted by molar-refractivity contribution is 5.01. The van der Waals surface area contributed by atoms with Crippen LogP contribution in [-0.2, 0) is 11.3 Å². The molecule has 0 unspecified atom stereocenters. The molecular formula is C8H11NO. The van der Waals surface area contributed by atoms with Crippen LogP contribution < -0.4 is 0 Å². The zero-order chi connectivity index (χ0) is 7.23. The molecule has 0 amide bonds. The molecule has 0 aliphatic heterocycles. The Morgan fingerprint density at radius 3 is 3.00 bits per heavy atom. The highest BCUT2D eigenvalue weighted by Gasteiger charge is 1.88. The predicted octanol–water partition coefficient (Wildman–Crippen LogP) is 1.62. The second kappa shape index (κ2) is 4.01. The molecule has 10 heavy (non-hydrogen) atoms. The van der Waals surface area contributed by atoms with Crippen LogP contribution in [0.1, 0.15) is 12.6 Å².